The average Bonchev–Trinajstić information content (AvgIpc) is 2.67. The van der Waals surface area contributed by atoms with Crippen molar-refractivity contribution < 1.29 is 19.4 Å². The lowest BCUT2D eigenvalue weighted by Gasteiger charge is -2.19. The highest BCUT2D eigenvalue weighted by molar-refractivity contribution is 5.94. The first-order chi connectivity index (χ1) is 13.3. The van der Waals surface area contributed by atoms with Gasteiger partial charge in [-0.15, -0.1) is 0 Å². The number of nitrogens with one attached hydrogen (secondary N) is 2. The molecule has 1 atom stereocenters. The molecule has 2 rings (SSSR count). The zero-order chi connectivity index (χ0) is 20.8. The van der Waals surface area contributed by atoms with Gasteiger partial charge >= 0.3 is 0 Å². The summed E-state index contributed by atoms with van der Waals surface area (Å²) in [6, 6.07) is 5.38. The van der Waals surface area contributed by atoms with Gasteiger partial charge in [0.05, 0.1) is 14.2 Å². The molecule has 28 heavy (non-hydrogen) atoms. The molecule has 1 aromatic carbocycles. The number of carbonyl (C=O) groups is 1. The molecule has 152 valence electrons. The van der Waals surface area contributed by atoms with Crippen LogP contribution in [0.15, 0.2) is 23.0 Å². The number of likely N-dealkylation sites (N-methyl/N-ethyl adjacent to an activating group) is 1. The zero-order valence-corrected chi connectivity index (χ0v) is 16.7. The van der Waals surface area contributed by atoms with Gasteiger partial charge < -0.3 is 29.8 Å². The van der Waals surface area contributed by atoms with Gasteiger partial charge in [-0.25, -0.2) is 4.98 Å². The third kappa shape index (κ3) is 4.80. The number of aromatic amines is 1. The van der Waals surface area contributed by atoms with Crippen molar-refractivity contribution in [2.45, 2.75) is 25.9 Å². The highest BCUT2D eigenvalue weighted by Gasteiger charge is 2.20. The van der Waals surface area contributed by atoms with Crippen molar-refractivity contribution in [3.8, 4) is 17.2 Å². The lowest BCUT2D eigenvalue weighted by Crippen LogP contribution is -2.31. The number of carbonyl (C=O) groups excluding carboxylic acids is 1. The van der Waals surface area contributed by atoms with Crippen LogP contribution in [0, 0.1) is 0 Å². The third-order valence-corrected chi connectivity index (χ3v) is 4.45. The summed E-state index contributed by atoms with van der Waals surface area (Å²) in [6.07, 6.45) is 0.423. The van der Waals surface area contributed by atoms with E-state index in [2.05, 4.69) is 15.3 Å². The maximum Gasteiger partial charge on any atom is 0.293 e. The summed E-state index contributed by atoms with van der Waals surface area (Å²) in [6.45, 7) is 2.07. The van der Waals surface area contributed by atoms with Crippen LogP contribution in [0.3, 0.4) is 0 Å². The normalized spacial score (nSPS) is 11.9. The van der Waals surface area contributed by atoms with Crippen LogP contribution < -0.4 is 20.3 Å². The topological polar surface area (TPSA) is 117 Å². The van der Waals surface area contributed by atoms with E-state index in [0.717, 1.165) is 0 Å². The van der Waals surface area contributed by atoms with Gasteiger partial charge in [0.25, 0.3) is 11.5 Å². The van der Waals surface area contributed by atoms with E-state index >= 15 is 0 Å². The molecule has 9 nitrogen and oxygen atoms in total. The Bertz CT molecular complexity index is 894. The Labute approximate surface area is 163 Å². The summed E-state index contributed by atoms with van der Waals surface area (Å²) in [5.41, 5.74) is -0.382. The predicted octanol–water partition coefficient (Wildman–Crippen LogP) is 0.915. The van der Waals surface area contributed by atoms with Crippen LogP contribution in [0.2, 0.25) is 0 Å². The molecular weight excluding hydrogens is 364 g/mol. The third-order valence-electron chi connectivity index (χ3n) is 4.45. The Morgan fingerprint density at radius 3 is 2.64 bits per heavy atom. The van der Waals surface area contributed by atoms with Crippen molar-refractivity contribution in [2.24, 2.45) is 0 Å². The lowest BCUT2D eigenvalue weighted by atomic mass is 10.1. The summed E-state index contributed by atoms with van der Waals surface area (Å²) in [4.78, 5) is 33.2. The molecule has 1 aromatic heterocycles. The van der Waals surface area contributed by atoms with Crippen LogP contribution in [0.4, 0.5) is 0 Å². The fraction of sp³-hybridized carbons (Fsp3) is 0.421. The van der Waals surface area contributed by atoms with Crippen molar-refractivity contribution >= 4 is 5.91 Å². The van der Waals surface area contributed by atoms with E-state index in [1.807, 2.05) is 25.9 Å². The number of rotatable bonds is 8. The van der Waals surface area contributed by atoms with E-state index in [-0.39, 0.29) is 18.3 Å². The summed E-state index contributed by atoms with van der Waals surface area (Å²) >= 11 is 0. The molecule has 0 aliphatic carbocycles. The first-order valence-electron chi connectivity index (χ1n) is 8.75. The van der Waals surface area contributed by atoms with E-state index < -0.39 is 17.2 Å². The number of hydrogen-bond donors (Lipinski definition) is 3. The minimum Gasteiger partial charge on any atom is -0.501 e. The maximum atomic E-state index is 12.5. The fourth-order valence-corrected chi connectivity index (χ4v) is 2.58. The van der Waals surface area contributed by atoms with Crippen LogP contribution in [0.5, 0.6) is 17.2 Å². The van der Waals surface area contributed by atoms with Gasteiger partial charge in [-0.3, -0.25) is 9.59 Å². The van der Waals surface area contributed by atoms with Gasteiger partial charge in [-0.05, 0) is 27.1 Å². The smallest absolute Gasteiger partial charge is 0.293 e. The number of aromatic nitrogens is 2. The quantitative estimate of drug-likeness (QED) is 0.613. The van der Waals surface area contributed by atoms with Crippen LogP contribution in [-0.2, 0) is 13.0 Å². The van der Waals surface area contributed by atoms with Crippen molar-refractivity contribution in [2.75, 3.05) is 28.3 Å². The number of aromatic hydroxyl groups is 1. The van der Waals surface area contributed by atoms with Crippen LogP contribution in [0.1, 0.15) is 28.8 Å². The molecular formula is C19H26N4O5. The minimum atomic E-state index is -0.750. The molecule has 0 spiro atoms. The van der Waals surface area contributed by atoms with E-state index in [1.165, 1.54) is 14.2 Å². The molecule has 2 aromatic rings. The Morgan fingerprint density at radius 1 is 1.32 bits per heavy atom. The first-order valence-corrected chi connectivity index (χ1v) is 8.75. The molecule has 0 bridgehead atoms. The van der Waals surface area contributed by atoms with Gasteiger partial charge in [0, 0.05) is 24.6 Å². The number of ether oxygens (including phenoxy) is 2. The number of H-pyrrole nitrogens is 1. The van der Waals surface area contributed by atoms with Crippen molar-refractivity contribution in [1.29, 1.82) is 0 Å². The second-order valence-corrected chi connectivity index (χ2v) is 6.56. The zero-order valence-electron chi connectivity index (χ0n) is 16.7. The Balaban J connectivity index is 2.23. The van der Waals surface area contributed by atoms with Gasteiger partial charge in [-0.2, -0.15) is 0 Å². The van der Waals surface area contributed by atoms with Gasteiger partial charge in [-0.1, -0.05) is 12.1 Å². The molecule has 0 aliphatic rings. The SMILES string of the molecule is COc1cccc(CNC(=O)c2nc(CC(C)N(C)C)[nH]c(=O)c2O)c1OC. The molecule has 3 N–H and O–H groups in total. The van der Waals surface area contributed by atoms with Gasteiger partial charge in [0.1, 0.15) is 5.82 Å². The molecule has 0 saturated heterocycles. The number of benzene rings is 1. The maximum absolute atomic E-state index is 12.5. The molecule has 1 unspecified atom stereocenters. The lowest BCUT2D eigenvalue weighted by molar-refractivity contribution is 0.0941. The number of amides is 1. The molecule has 9 heteroatoms. The van der Waals surface area contributed by atoms with E-state index in [0.29, 0.717) is 29.3 Å². The molecule has 1 amide bonds. The van der Waals surface area contributed by atoms with Crippen LogP contribution in [-0.4, -0.2) is 60.2 Å². The summed E-state index contributed by atoms with van der Waals surface area (Å²) in [5, 5.41) is 12.6. The Hall–Kier alpha value is -3.07. The summed E-state index contributed by atoms with van der Waals surface area (Å²) < 4.78 is 10.6. The summed E-state index contributed by atoms with van der Waals surface area (Å²) in [7, 11) is 6.83. The summed E-state index contributed by atoms with van der Waals surface area (Å²) in [5.74, 6) is -0.0167. The number of hydrogen-bond acceptors (Lipinski definition) is 7. The van der Waals surface area contributed by atoms with Crippen molar-refractivity contribution in [1.82, 2.24) is 20.2 Å². The number of methoxy groups -OCH3 is 2. The molecule has 1 heterocycles. The fourth-order valence-electron chi connectivity index (χ4n) is 2.58. The standard InChI is InChI=1S/C19H26N4O5/c1-11(23(2)3)9-14-21-15(16(24)19(26)22-14)18(25)20-10-12-7-6-8-13(27-4)17(12)28-5/h6-8,11,24H,9-10H2,1-5H3,(H,20,25)(H,21,22,26). The second kappa shape index (κ2) is 9.23. The predicted molar refractivity (Wildman–Crippen MR) is 104 cm³/mol. The number of nitrogens with zero attached hydrogens (tertiary/aromatic N) is 2. The van der Waals surface area contributed by atoms with Gasteiger partial charge in [0.2, 0.25) is 5.75 Å². The van der Waals surface area contributed by atoms with Crippen LogP contribution in [0.25, 0.3) is 0 Å². The average molecular weight is 390 g/mol. The molecule has 0 fully saturated rings. The van der Waals surface area contributed by atoms with E-state index in [9.17, 15) is 14.7 Å². The Kier molecular flexibility index (Phi) is 7.00. The highest BCUT2D eigenvalue weighted by Crippen LogP contribution is 2.30. The largest absolute Gasteiger partial charge is 0.501 e. The van der Waals surface area contributed by atoms with Gasteiger partial charge in [0.15, 0.2) is 17.2 Å². The first kappa shape index (κ1) is 21.2. The monoisotopic (exact) mass is 390 g/mol. The molecule has 0 aliphatic heterocycles. The molecule has 0 radical (unpaired) electrons. The minimum absolute atomic E-state index is 0.0876. The number of para-hydroxylation sites is 1. The van der Waals surface area contributed by atoms with E-state index in [1.54, 1.807) is 18.2 Å². The second-order valence-electron chi connectivity index (χ2n) is 6.56. The highest BCUT2D eigenvalue weighted by atomic mass is 16.5. The van der Waals surface area contributed by atoms with Crippen LogP contribution >= 0.6 is 0 Å². The molecule has 0 saturated carbocycles. The van der Waals surface area contributed by atoms with E-state index in [4.69, 9.17) is 9.47 Å². The van der Waals surface area contributed by atoms with Crippen molar-refractivity contribution in [3.63, 3.8) is 0 Å². The Morgan fingerprint density at radius 2 is 2.04 bits per heavy atom. The van der Waals surface area contributed by atoms with Crippen molar-refractivity contribution in [3.05, 3.63) is 45.6 Å².